The Hall–Kier alpha value is -2.04. The zero-order valence-electron chi connectivity index (χ0n) is 14.0. The number of methoxy groups -OCH3 is 1. The molecule has 1 saturated carbocycles. The molecule has 1 aliphatic carbocycles. The van der Waals surface area contributed by atoms with Gasteiger partial charge in [0.05, 0.1) is 7.11 Å². The second-order valence-electron chi connectivity index (χ2n) is 6.02. The van der Waals surface area contributed by atoms with E-state index in [1.807, 2.05) is 24.3 Å². The van der Waals surface area contributed by atoms with Crippen molar-refractivity contribution in [1.29, 1.82) is 0 Å². The molecule has 0 aromatic heterocycles. The smallest absolute Gasteiger partial charge is 0.223 e. The summed E-state index contributed by atoms with van der Waals surface area (Å²) in [4.78, 5) is 25.6. The molecular weight excluding hydrogens is 292 g/mol. The number of amides is 2. The molecule has 0 unspecified atom stereocenters. The Bertz CT molecular complexity index is 522. The summed E-state index contributed by atoms with van der Waals surface area (Å²) in [5.41, 5.74) is 0.781. The standard InChI is InChI=1S/C18H26N2O3/c1-14(21)20(16-8-10-17(23-2)11-9-16)13-12-18(22)19-15-6-4-3-5-7-15/h8-11,15H,3-7,12-13H2,1-2H3,(H,19,22). The van der Waals surface area contributed by atoms with Gasteiger partial charge in [-0.15, -0.1) is 0 Å². The second-order valence-corrected chi connectivity index (χ2v) is 6.02. The van der Waals surface area contributed by atoms with Gasteiger partial charge in [-0.1, -0.05) is 19.3 Å². The number of ether oxygens (including phenoxy) is 1. The quantitative estimate of drug-likeness (QED) is 0.877. The minimum Gasteiger partial charge on any atom is -0.497 e. The second kappa shape index (κ2) is 8.56. The zero-order valence-corrected chi connectivity index (χ0v) is 14.0. The molecule has 2 rings (SSSR count). The lowest BCUT2D eigenvalue weighted by molar-refractivity contribution is -0.121. The Kier molecular flexibility index (Phi) is 6.44. The zero-order chi connectivity index (χ0) is 16.7. The first-order valence-electron chi connectivity index (χ1n) is 8.31. The molecule has 0 heterocycles. The first kappa shape index (κ1) is 17.3. The minimum atomic E-state index is -0.0689. The first-order valence-corrected chi connectivity index (χ1v) is 8.31. The van der Waals surface area contributed by atoms with Crippen LogP contribution in [0.3, 0.4) is 0 Å². The van der Waals surface area contributed by atoms with Gasteiger partial charge in [-0.2, -0.15) is 0 Å². The molecule has 1 aromatic rings. The van der Waals surface area contributed by atoms with Crippen molar-refractivity contribution < 1.29 is 14.3 Å². The maximum Gasteiger partial charge on any atom is 0.223 e. The first-order chi connectivity index (χ1) is 11.1. The van der Waals surface area contributed by atoms with E-state index in [9.17, 15) is 9.59 Å². The van der Waals surface area contributed by atoms with Crippen molar-refractivity contribution in [1.82, 2.24) is 5.32 Å². The average Bonchev–Trinajstić information content (AvgIpc) is 2.56. The van der Waals surface area contributed by atoms with Gasteiger partial charge in [0.2, 0.25) is 11.8 Å². The number of hydrogen-bond acceptors (Lipinski definition) is 3. The molecule has 23 heavy (non-hydrogen) atoms. The van der Waals surface area contributed by atoms with Crippen LogP contribution in [0.2, 0.25) is 0 Å². The molecule has 5 nitrogen and oxygen atoms in total. The van der Waals surface area contributed by atoms with Crippen molar-refractivity contribution in [2.45, 2.75) is 51.5 Å². The molecule has 0 spiro atoms. The third-order valence-electron chi connectivity index (χ3n) is 4.30. The van der Waals surface area contributed by atoms with Crippen LogP contribution in [0.1, 0.15) is 45.4 Å². The van der Waals surface area contributed by atoms with Crippen molar-refractivity contribution in [3.8, 4) is 5.75 Å². The van der Waals surface area contributed by atoms with Crippen LogP contribution in [0.25, 0.3) is 0 Å². The highest BCUT2D eigenvalue weighted by Crippen LogP contribution is 2.20. The van der Waals surface area contributed by atoms with E-state index in [1.54, 1.807) is 12.0 Å². The summed E-state index contributed by atoms with van der Waals surface area (Å²) in [6.45, 7) is 1.91. The number of anilines is 1. The average molecular weight is 318 g/mol. The number of carbonyl (C=O) groups excluding carboxylic acids is 2. The molecule has 5 heteroatoms. The molecule has 1 fully saturated rings. The number of benzene rings is 1. The summed E-state index contributed by atoms with van der Waals surface area (Å²) in [5, 5.41) is 3.09. The van der Waals surface area contributed by atoms with Crippen LogP contribution >= 0.6 is 0 Å². The Morgan fingerprint density at radius 3 is 2.39 bits per heavy atom. The SMILES string of the molecule is COc1ccc(N(CCC(=O)NC2CCCCC2)C(C)=O)cc1. The maximum atomic E-state index is 12.1. The number of rotatable bonds is 6. The predicted octanol–water partition coefficient (Wildman–Crippen LogP) is 2.89. The van der Waals surface area contributed by atoms with E-state index in [-0.39, 0.29) is 11.8 Å². The van der Waals surface area contributed by atoms with Crippen LogP contribution in [-0.4, -0.2) is 31.5 Å². The highest BCUT2D eigenvalue weighted by atomic mass is 16.5. The van der Waals surface area contributed by atoms with E-state index in [1.165, 1.54) is 26.2 Å². The molecule has 1 aliphatic rings. The fourth-order valence-electron chi connectivity index (χ4n) is 2.99. The van der Waals surface area contributed by atoms with E-state index < -0.39 is 0 Å². The third kappa shape index (κ3) is 5.27. The molecule has 126 valence electrons. The van der Waals surface area contributed by atoms with Gasteiger partial charge in [-0.3, -0.25) is 9.59 Å². The van der Waals surface area contributed by atoms with Crippen LogP contribution in [0.5, 0.6) is 5.75 Å². The molecule has 0 bridgehead atoms. The Morgan fingerprint density at radius 1 is 1.17 bits per heavy atom. The lowest BCUT2D eigenvalue weighted by Gasteiger charge is -2.24. The van der Waals surface area contributed by atoms with E-state index in [0.717, 1.165) is 24.3 Å². The highest BCUT2D eigenvalue weighted by molar-refractivity contribution is 5.92. The lowest BCUT2D eigenvalue weighted by Crippen LogP contribution is -2.39. The van der Waals surface area contributed by atoms with Gasteiger partial charge in [0.15, 0.2) is 0 Å². The van der Waals surface area contributed by atoms with Gasteiger partial charge < -0.3 is 15.0 Å². The Morgan fingerprint density at radius 2 is 1.83 bits per heavy atom. The van der Waals surface area contributed by atoms with Crippen molar-refractivity contribution in [2.24, 2.45) is 0 Å². The van der Waals surface area contributed by atoms with Crippen LogP contribution in [0.4, 0.5) is 5.69 Å². The molecular formula is C18H26N2O3. The Balaban J connectivity index is 1.88. The largest absolute Gasteiger partial charge is 0.497 e. The van der Waals surface area contributed by atoms with E-state index in [4.69, 9.17) is 4.74 Å². The van der Waals surface area contributed by atoms with Gasteiger partial charge in [0.25, 0.3) is 0 Å². The summed E-state index contributed by atoms with van der Waals surface area (Å²) in [5.74, 6) is 0.699. The van der Waals surface area contributed by atoms with Crippen LogP contribution in [0.15, 0.2) is 24.3 Å². The van der Waals surface area contributed by atoms with Crippen LogP contribution in [-0.2, 0) is 9.59 Å². The molecule has 0 aliphatic heterocycles. The van der Waals surface area contributed by atoms with Crippen molar-refractivity contribution in [3.05, 3.63) is 24.3 Å². The van der Waals surface area contributed by atoms with E-state index in [0.29, 0.717) is 19.0 Å². The van der Waals surface area contributed by atoms with E-state index >= 15 is 0 Å². The van der Waals surface area contributed by atoms with Crippen molar-refractivity contribution in [2.75, 3.05) is 18.6 Å². The maximum absolute atomic E-state index is 12.1. The molecule has 1 N–H and O–H groups in total. The topological polar surface area (TPSA) is 58.6 Å². The molecule has 0 radical (unpaired) electrons. The van der Waals surface area contributed by atoms with Gasteiger partial charge in [0.1, 0.15) is 5.75 Å². The summed E-state index contributed by atoms with van der Waals surface area (Å²) < 4.78 is 5.12. The van der Waals surface area contributed by atoms with Crippen LogP contribution < -0.4 is 15.0 Å². The fraction of sp³-hybridized carbons (Fsp3) is 0.556. The fourth-order valence-corrected chi connectivity index (χ4v) is 2.99. The summed E-state index contributed by atoms with van der Waals surface area (Å²) in [7, 11) is 1.60. The molecule has 1 aromatic carbocycles. The van der Waals surface area contributed by atoms with Crippen LogP contribution in [0, 0.1) is 0 Å². The molecule has 2 amide bonds. The number of nitrogens with one attached hydrogen (secondary N) is 1. The van der Waals surface area contributed by atoms with Crippen molar-refractivity contribution in [3.63, 3.8) is 0 Å². The normalized spacial score (nSPS) is 15.0. The number of nitrogens with zero attached hydrogens (tertiary/aromatic N) is 1. The monoisotopic (exact) mass is 318 g/mol. The number of carbonyl (C=O) groups is 2. The van der Waals surface area contributed by atoms with Gasteiger partial charge in [-0.05, 0) is 37.1 Å². The van der Waals surface area contributed by atoms with E-state index in [2.05, 4.69) is 5.32 Å². The molecule has 0 saturated heterocycles. The summed E-state index contributed by atoms with van der Waals surface area (Å²) >= 11 is 0. The third-order valence-corrected chi connectivity index (χ3v) is 4.30. The lowest BCUT2D eigenvalue weighted by atomic mass is 9.95. The molecule has 0 atom stereocenters. The summed E-state index contributed by atoms with van der Waals surface area (Å²) in [6, 6.07) is 7.60. The van der Waals surface area contributed by atoms with Gasteiger partial charge in [0, 0.05) is 31.6 Å². The van der Waals surface area contributed by atoms with Crippen molar-refractivity contribution >= 4 is 17.5 Å². The minimum absolute atomic E-state index is 0.0247. The Labute approximate surface area is 138 Å². The predicted molar refractivity (Wildman–Crippen MR) is 90.7 cm³/mol. The van der Waals surface area contributed by atoms with Gasteiger partial charge >= 0.3 is 0 Å². The highest BCUT2D eigenvalue weighted by Gasteiger charge is 2.17. The summed E-state index contributed by atoms with van der Waals surface area (Å²) in [6.07, 6.45) is 6.11. The van der Waals surface area contributed by atoms with Gasteiger partial charge in [-0.25, -0.2) is 0 Å². The number of hydrogen-bond donors (Lipinski definition) is 1.